The number of para-hydroxylation sites is 1. The molecule has 2 aromatic rings. The van der Waals surface area contributed by atoms with E-state index in [1.165, 1.54) is 21.0 Å². The van der Waals surface area contributed by atoms with E-state index in [2.05, 4.69) is 60.9 Å². The van der Waals surface area contributed by atoms with Crippen molar-refractivity contribution in [3.8, 4) is 0 Å². The van der Waals surface area contributed by atoms with Crippen molar-refractivity contribution in [3.63, 3.8) is 0 Å². The van der Waals surface area contributed by atoms with Crippen molar-refractivity contribution >= 4 is 17.0 Å². The third-order valence-electron chi connectivity index (χ3n) is 4.70. The average Bonchev–Trinajstić information content (AvgIpc) is 2.87. The van der Waals surface area contributed by atoms with Crippen LogP contribution >= 0.6 is 11.3 Å². The van der Waals surface area contributed by atoms with Crippen molar-refractivity contribution in [1.82, 2.24) is 4.90 Å². The van der Waals surface area contributed by atoms with E-state index in [1.807, 2.05) is 0 Å². The van der Waals surface area contributed by atoms with Crippen molar-refractivity contribution in [3.05, 3.63) is 51.2 Å². The van der Waals surface area contributed by atoms with Crippen LogP contribution in [-0.4, -0.2) is 42.7 Å². The molecule has 0 aliphatic carbocycles. The summed E-state index contributed by atoms with van der Waals surface area (Å²) in [6, 6.07) is 10.7. The molecule has 0 spiro atoms. The third-order valence-corrected chi connectivity index (χ3v) is 5.68. The summed E-state index contributed by atoms with van der Waals surface area (Å²) in [7, 11) is 0. The Morgan fingerprint density at radius 2 is 1.78 bits per heavy atom. The summed E-state index contributed by atoms with van der Waals surface area (Å²) in [5, 5.41) is 10.5. The molecule has 1 aromatic carbocycles. The second kappa shape index (κ2) is 7.04. The van der Waals surface area contributed by atoms with Crippen LogP contribution in [-0.2, 0) is 0 Å². The van der Waals surface area contributed by atoms with Crippen molar-refractivity contribution < 1.29 is 5.11 Å². The number of hydrogen-bond donors (Lipinski definition) is 1. The Bertz CT molecular complexity index is 659. The number of benzene rings is 1. The van der Waals surface area contributed by atoms with Gasteiger partial charge in [-0.05, 0) is 44.0 Å². The van der Waals surface area contributed by atoms with Crippen molar-refractivity contribution in [1.29, 1.82) is 0 Å². The summed E-state index contributed by atoms with van der Waals surface area (Å²) in [4.78, 5) is 7.36. The minimum Gasteiger partial charge on any atom is -0.387 e. The highest BCUT2D eigenvalue weighted by atomic mass is 32.1. The minimum absolute atomic E-state index is 0.370. The van der Waals surface area contributed by atoms with Gasteiger partial charge in [-0.15, -0.1) is 11.3 Å². The first-order valence-electron chi connectivity index (χ1n) is 8.32. The van der Waals surface area contributed by atoms with E-state index in [4.69, 9.17) is 0 Å². The van der Waals surface area contributed by atoms with Crippen molar-refractivity contribution in [2.24, 2.45) is 0 Å². The van der Waals surface area contributed by atoms with Gasteiger partial charge in [0.25, 0.3) is 0 Å². The second-order valence-corrected chi connectivity index (χ2v) is 7.92. The van der Waals surface area contributed by atoms with Gasteiger partial charge in [-0.3, -0.25) is 4.90 Å². The van der Waals surface area contributed by atoms with Gasteiger partial charge in [0.2, 0.25) is 0 Å². The number of piperazine rings is 1. The maximum Gasteiger partial charge on any atom is 0.0927 e. The first-order chi connectivity index (χ1) is 11.0. The monoisotopic (exact) mass is 330 g/mol. The number of rotatable bonds is 4. The molecule has 1 N–H and O–H groups in total. The first-order valence-corrected chi connectivity index (χ1v) is 9.14. The predicted molar refractivity (Wildman–Crippen MR) is 98.6 cm³/mol. The molecule has 1 aromatic heterocycles. The number of aliphatic hydroxyl groups is 1. The topological polar surface area (TPSA) is 26.7 Å². The van der Waals surface area contributed by atoms with Crippen LogP contribution in [0.2, 0.25) is 0 Å². The Labute approximate surface area is 143 Å². The van der Waals surface area contributed by atoms with Crippen molar-refractivity contribution in [2.45, 2.75) is 26.9 Å². The molecular formula is C19H26N2OS. The smallest absolute Gasteiger partial charge is 0.0927 e. The normalized spacial score (nSPS) is 17.5. The molecule has 0 saturated carbocycles. The molecule has 0 amide bonds. The maximum absolute atomic E-state index is 10.5. The number of aliphatic hydroxyl groups excluding tert-OH is 1. The van der Waals surface area contributed by atoms with Gasteiger partial charge in [-0.25, -0.2) is 0 Å². The zero-order valence-corrected chi connectivity index (χ0v) is 15.1. The van der Waals surface area contributed by atoms with Gasteiger partial charge in [0, 0.05) is 48.2 Å². The van der Waals surface area contributed by atoms with E-state index in [1.54, 1.807) is 11.3 Å². The highest BCUT2D eigenvalue weighted by Gasteiger charge is 2.22. The summed E-state index contributed by atoms with van der Waals surface area (Å²) in [5.41, 5.74) is 3.79. The first kappa shape index (κ1) is 16.5. The SMILES string of the molecule is Cc1cc(C(O)CN2CCN(c3ccccc3C)CC2)c(C)s1. The van der Waals surface area contributed by atoms with E-state index in [0.29, 0.717) is 0 Å². The van der Waals surface area contributed by atoms with E-state index >= 15 is 0 Å². The lowest BCUT2D eigenvalue weighted by Crippen LogP contribution is -2.47. The zero-order valence-electron chi connectivity index (χ0n) is 14.2. The van der Waals surface area contributed by atoms with Crippen LogP contribution < -0.4 is 4.90 Å². The molecule has 3 rings (SSSR count). The van der Waals surface area contributed by atoms with Gasteiger partial charge >= 0.3 is 0 Å². The Balaban J connectivity index is 1.57. The minimum atomic E-state index is -0.370. The second-order valence-electron chi connectivity index (χ2n) is 6.46. The van der Waals surface area contributed by atoms with Gasteiger partial charge in [-0.2, -0.15) is 0 Å². The lowest BCUT2D eigenvalue weighted by molar-refractivity contribution is 0.109. The fraction of sp³-hybridized carbons (Fsp3) is 0.474. The van der Waals surface area contributed by atoms with Crippen LogP contribution in [0.3, 0.4) is 0 Å². The molecular weight excluding hydrogens is 304 g/mol. The lowest BCUT2D eigenvalue weighted by Gasteiger charge is -2.37. The van der Waals surface area contributed by atoms with E-state index in [0.717, 1.165) is 38.3 Å². The number of thiophene rings is 1. The predicted octanol–water partition coefficient (Wildman–Crippen LogP) is 3.53. The lowest BCUT2D eigenvalue weighted by atomic mass is 10.1. The summed E-state index contributed by atoms with van der Waals surface area (Å²) < 4.78 is 0. The molecule has 0 radical (unpaired) electrons. The number of β-amino-alcohol motifs (C(OH)–C–C–N with tert-alkyl or cyclic N) is 1. The number of hydrogen-bond acceptors (Lipinski definition) is 4. The molecule has 1 aliphatic heterocycles. The Morgan fingerprint density at radius 3 is 2.39 bits per heavy atom. The fourth-order valence-corrected chi connectivity index (χ4v) is 4.40. The van der Waals surface area contributed by atoms with Gasteiger partial charge in [0.05, 0.1) is 6.10 Å². The summed E-state index contributed by atoms with van der Waals surface area (Å²) in [6.07, 6.45) is -0.370. The molecule has 1 saturated heterocycles. The Morgan fingerprint density at radius 1 is 1.09 bits per heavy atom. The highest BCUT2D eigenvalue weighted by Crippen LogP contribution is 2.27. The number of nitrogens with zero attached hydrogens (tertiary/aromatic N) is 2. The zero-order chi connectivity index (χ0) is 16.4. The van der Waals surface area contributed by atoms with Crippen LogP contribution in [0.5, 0.6) is 0 Å². The summed E-state index contributed by atoms with van der Waals surface area (Å²) in [6.45, 7) is 11.2. The van der Waals surface area contributed by atoms with Crippen molar-refractivity contribution in [2.75, 3.05) is 37.6 Å². The average molecular weight is 330 g/mol. The van der Waals surface area contributed by atoms with Gasteiger partial charge in [0.15, 0.2) is 0 Å². The molecule has 4 heteroatoms. The molecule has 1 aliphatic rings. The van der Waals surface area contributed by atoms with Crippen LogP contribution in [0.25, 0.3) is 0 Å². The maximum atomic E-state index is 10.5. The van der Waals surface area contributed by atoms with Crippen LogP contribution in [0.4, 0.5) is 5.69 Å². The number of aryl methyl sites for hydroxylation is 3. The highest BCUT2D eigenvalue weighted by molar-refractivity contribution is 7.12. The molecule has 23 heavy (non-hydrogen) atoms. The molecule has 1 unspecified atom stereocenters. The van der Waals surface area contributed by atoms with E-state index < -0.39 is 0 Å². The molecule has 124 valence electrons. The van der Waals surface area contributed by atoms with Gasteiger partial charge in [0.1, 0.15) is 0 Å². The number of anilines is 1. The molecule has 0 bridgehead atoms. The molecule has 1 atom stereocenters. The quantitative estimate of drug-likeness (QED) is 0.929. The molecule has 1 fully saturated rings. The van der Waals surface area contributed by atoms with Gasteiger partial charge in [-0.1, -0.05) is 18.2 Å². The largest absolute Gasteiger partial charge is 0.387 e. The third kappa shape index (κ3) is 3.77. The summed E-state index contributed by atoms with van der Waals surface area (Å²) >= 11 is 1.77. The van der Waals surface area contributed by atoms with Gasteiger partial charge < -0.3 is 10.0 Å². The van der Waals surface area contributed by atoms with E-state index in [-0.39, 0.29) is 6.10 Å². The van der Waals surface area contributed by atoms with Crippen LogP contribution in [0.1, 0.15) is 27.0 Å². The molecule has 2 heterocycles. The molecule has 3 nitrogen and oxygen atoms in total. The Kier molecular flexibility index (Phi) is 5.05. The standard InChI is InChI=1S/C19H26N2OS/c1-14-6-4-5-7-18(14)21-10-8-20(9-11-21)13-19(22)17-12-15(2)23-16(17)3/h4-7,12,19,22H,8-11,13H2,1-3H3. The Hall–Kier alpha value is -1.36. The fourth-order valence-electron chi connectivity index (χ4n) is 3.41. The van der Waals surface area contributed by atoms with Crippen LogP contribution in [0, 0.1) is 20.8 Å². The van der Waals surface area contributed by atoms with Crippen LogP contribution in [0.15, 0.2) is 30.3 Å². The van der Waals surface area contributed by atoms with E-state index in [9.17, 15) is 5.11 Å². The summed E-state index contributed by atoms with van der Waals surface area (Å²) in [5.74, 6) is 0.